The fourth-order valence-corrected chi connectivity index (χ4v) is 1.52. The fraction of sp³-hybridized carbons (Fsp3) is 0.0833. The van der Waals surface area contributed by atoms with Crippen LogP contribution in [-0.2, 0) is 0 Å². The largest absolute Gasteiger partial charge is 0.422 e. The number of rotatable bonds is 2. The zero-order chi connectivity index (χ0) is 16.7. The molecule has 116 valence electrons. The molecule has 10 heteroatoms. The van der Waals surface area contributed by atoms with Gasteiger partial charge in [0.05, 0.1) is 16.4 Å². The highest BCUT2D eigenvalue weighted by Crippen LogP contribution is 2.12. The second-order valence-electron chi connectivity index (χ2n) is 3.97. The molecule has 10 nitrogen and oxygen atoms in total. The number of hydrazone groups is 1. The van der Waals surface area contributed by atoms with Gasteiger partial charge in [-0.2, -0.15) is 5.10 Å². The number of nitrogens with one attached hydrogen (secondary N) is 1. The van der Waals surface area contributed by atoms with Gasteiger partial charge in [0.2, 0.25) is 0 Å². The molecule has 1 aromatic heterocycles. The van der Waals surface area contributed by atoms with Crippen LogP contribution in [0.25, 0.3) is 11.0 Å². The third kappa shape index (κ3) is 4.92. The van der Waals surface area contributed by atoms with E-state index < -0.39 is 10.7 Å². The molecule has 0 spiro atoms. The highest BCUT2D eigenvalue weighted by atomic mass is 16.9. The molecule has 0 aliphatic rings. The van der Waals surface area contributed by atoms with Gasteiger partial charge in [0.1, 0.15) is 5.58 Å². The lowest BCUT2D eigenvalue weighted by Gasteiger charge is -1.99. The molecule has 0 aliphatic carbocycles. The van der Waals surface area contributed by atoms with Gasteiger partial charge in [-0.05, 0) is 19.1 Å². The number of para-hydroxylation sites is 1. The summed E-state index contributed by atoms with van der Waals surface area (Å²) in [7, 11) is 0. The first-order valence-corrected chi connectivity index (χ1v) is 5.84. The van der Waals surface area contributed by atoms with Crippen LogP contribution in [-0.4, -0.2) is 16.8 Å². The number of nitrogens with two attached hydrogens (primary N) is 2. The first kappa shape index (κ1) is 16.6. The van der Waals surface area contributed by atoms with E-state index in [1.807, 2.05) is 12.1 Å². The highest BCUT2D eigenvalue weighted by Gasteiger charge is 2.08. The van der Waals surface area contributed by atoms with E-state index in [0.29, 0.717) is 16.9 Å². The molecule has 0 bridgehead atoms. The van der Waals surface area contributed by atoms with Crippen LogP contribution in [0, 0.1) is 15.3 Å². The van der Waals surface area contributed by atoms with E-state index in [0.717, 1.165) is 5.39 Å². The SMILES string of the molecule is C/C(=N\[NH+]=C(N)N)c1cc2ccccc2oc1=O.O=[N+]([O-])[O-]. The summed E-state index contributed by atoms with van der Waals surface area (Å²) >= 11 is 0. The van der Waals surface area contributed by atoms with Crippen LogP contribution < -0.4 is 22.2 Å². The van der Waals surface area contributed by atoms with E-state index in [2.05, 4.69) is 10.2 Å². The molecular weight excluding hydrogens is 294 g/mol. The predicted octanol–water partition coefficient (Wildman–Crippen LogP) is -1.37. The van der Waals surface area contributed by atoms with Crippen LogP contribution in [0.4, 0.5) is 0 Å². The van der Waals surface area contributed by atoms with Crippen molar-refractivity contribution >= 4 is 22.6 Å². The predicted molar refractivity (Wildman–Crippen MR) is 79.4 cm³/mol. The van der Waals surface area contributed by atoms with Crippen molar-refractivity contribution in [2.75, 3.05) is 0 Å². The third-order valence-corrected chi connectivity index (χ3v) is 2.38. The van der Waals surface area contributed by atoms with Gasteiger partial charge in [0, 0.05) is 5.39 Å². The maximum atomic E-state index is 11.8. The van der Waals surface area contributed by atoms with Gasteiger partial charge in [0.25, 0.3) is 0 Å². The minimum atomic E-state index is -1.75. The van der Waals surface area contributed by atoms with Crippen molar-refractivity contribution in [2.45, 2.75) is 6.92 Å². The summed E-state index contributed by atoms with van der Waals surface area (Å²) in [4.78, 5) is 20.0. The Morgan fingerprint density at radius 3 is 2.50 bits per heavy atom. The maximum absolute atomic E-state index is 11.8. The Balaban J connectivity index is 0.000000541. The molecule has 5 N–H and O–H groups in total. The lowest BCUT2D eigenvalue weighted by molar-refractivity contribution is -0.464. The second kappa shape index (κ2) is 7.38. The Morgan fingerprint density at radius 1 is 1.32 bits per heavy atom. The summed E-state index contributed by atoms with van der Waals surface area (Å²) in [6, 6.07) is 8.97. The van der Waals surface area contributed by atoms with Crippen molar-refractivity contribution in [1.82, 2.24) is 0 Å². The Hall–Kier alpha value is -3.43. The molecule has 0 saturated carbocycles. The summed E-state index contributed by atoms with van der Waals surface area (Å²) in [6.07, 6.45) is 0. The van der Waals surface area contributed by atoms with Crippen LogP contribution in [0.5, 0.6) is 0 Å². The molecular formula is C12H13N5O5. The van der Waals surface area contributed by atoms with Crippen molar-refractivity contribution in [3.8, 4) is 0 Å². The number of benzene rings is 1. The number of nitrogens with zero attached hydrogens (tertiary/aromatic N) is 2. The van der Waals surface area contributed by atoms with Crippen LogP contribution >= 0.6 is 0 Å². The molecule has 0 saturated heterocycles. The van der Waals surface area contributed by atoms with E-state index in [4.69, 9.17) is 31.2 Å². The van der Waals surface area contributed by atoms with Crippen molar-refractivity contribution in [1.29, 1.82) is 0 Å². The average molecular weight is 307 g/mol. The van der Waals surface area contributed by atoms with E-state index in [-0.39, 0.29) is 5.96 Å². The van der Waals surface area contributed by atoms with Crippen molar-refractivity contribution in [2.24, 2.45) is 16.6 Å². The van der Waals surface area contributed by atoms with Crippen molar-refractivity contribution in [3.63, 3.8) is 0 Å². The Kier molecular flexibility index (Phi) is 5.58. The monoisotopic (exact) mass is 307 g/mol. The smallest absolute Gasteiger partial charge is 0.362 e. The summed E-state index contributed by atoms with van der Waals surface area (Å²) in [6.45, 7) is 1.66. The molecule has 22 heavy (non-hydrogen) atoms. The minimum absolute atomic E-state index is 0.0421. The molecule has 0 fully saturated rings. The Bertz CT molecular complexity index is 788. The van der Waals surface area contributed by atoms with Gasteiger partial charge in [-0.1, -0.05) is 18.2 Å². The number of hydrogen-bond acceptors (Lipinski definition) is 6. The molecule has 0 atom stereocenters. The van der Waals surface area contributed by atoms with Gasteiger partial charge >= 0.3 is 11.6 Å². The van der Waals surface area contributed by atoms with Gasteiger partial charge < -0.3 is 19.7 Å². The standard InChI is InChI=1S/C12H12N4O2.NO3/c1-7(15-16-12(13)14)9-6-8-4-2-3-5-10(8)18-11(9)17;2-1(3)4/h2-6H,1H3,(H4,13,14,16);/q;-1/p+1/b15-7+;. The van der Waals surface area contributed by atoms with Gasteiger partial charge in [-0.15, -0.1) is 5.10 Å². The molecule has 0 aliphatic heterocycles. The molecule has 2 aromatic rings. The highest BCUT2D eigenvalue weighted by molar-refractivity contribution is 6.00. The van der Waals surface area contributed by atoms with Gasteiger partial charge in [0.15, 0.2) is 0 Å². The summed E-state index contributed by atoms with van der Waals surface area (Å²) in [5, 5.41) is 21.9. The van der Waals surface area contributed by atoms with E-state index in [9.17, 15) is 4.79 Å². The Morgan fingerprint density at radius 2 is 1.91 bits per heavy atom. The van der Waals surface area contributed by atoms with E-state index in [1.54, 1.807) is 25.1 Å². The molecule has 1 heterocycles. The lowest BCUT2D eigenvalue weighted by atomic mass is 10.1. The zero-order valence-electron chi connectivity index (χ0n) is 11.5. The lowest BCUT2D eigenvalue weighted by Crippen LogP contribution is -2.72. The first-order valence-electron chi connectivity index (χ1n) is 5.84. The number of guanidine groups is 1. The average Bonchev–Trinajstić information content (AvgIpc) is 2.43. The van der Waals surface area contributed by atoms with Crippen LogP contribution in [0.15, 0.2) is 44.6 Å². The van der Waals surface area contributed by atoms with E-state index >= 15 is 0 Å². The van der Waals surface area contributed by atoms with E-state index in [1.165, 1.54) is 0 Å². The maximum Gasteiger partial charge on any atom is 0.362 e. The second-order valence-corrected chi connectivity index (χ2v) is 3.97. The zero-order valence-corrected chi connectivity index (χ0v) is 11.5. The molecule has 0 unspecified atom stereocenters. The topological polar surface area (TPSA) is 175 Å². The summed E-state index contributed by atoms with van der Waals surface area (Å²) in [5.41, 5.74) is 11.3. The Labute approximate surface area is 123 Å². The molecule has 0 radical (unpaired) electrons. The normalized spacial score (nSPS) is 10.5. The third-order valence-electron chi connectivity index (χ3n) is 2.38. The molecule has 1 aromatic carbocycles. The van der Waals surface area contributed by atoms with Crippen LogP contribution in [0.1, 0.15) is 12.5 Å². The van der Waals surface area contributed by atoms with Crippen molar-refractivity contribution < 1.29 is 14.6 Å². The van der Waals surface area contributed by atoms with Gasteiger partial charge in [-0.3, -0.25) is 11.5 Å². The first-order chi connectivity index (χ1) is 10.3. The molecule has 2 rings (SSSR count). The minimum Gasteiger partial charge on any atom is -0.422 e. The molecule has 0 amide bonds. The number of hydrogen-bond donors (Lipinski definition) is 3. The van der Waals surface area contributed by atoms with Crippen molar-refractivity contribution in [3.05, 3.63) is 61.6 Å². The number of fused-ring (bicyclic) bond motifs is 1. The summed E-state index contributed by atoms with van der Waals surface area (Å²) < 4.78 is 5.19. The van der Waals surface area contributed by atoms with Gasteiger partial charge in [-0.25, -0.2) is 4.79 Å². The van der Waals surface area contributed by atoms with Crippen LogP contribution in [0.2, 0.25) is 0 Å². The summed E-state index contributed by atoms with van der Waals surface area (Å²) in [5.74, 6) is -0.0421. The quantitative estimate of drug-likeness (QED) is 0.201. The fourth-order valence-electron chi connectivity index (χ4n) is 1.52. The van der Waals surface area contributed by atoms with Crippen LogP contribution in [0.3, 0.4) is 0 Å².